The van der Waals surface area contributed by atoms with Gasteiger partial charge in [0.1, 0.15) is 23.6 Å². The molecule has 52 heavy (non-hydrogen) atoms. The Morgan fingerprint density at radius 3 is 1.79 bits per heavy atom. The Kier molecular flexibility index (Phi) is 12.2. The Morgan fingerprint density at radius 2 is 1.25 bits per heavy atom. The number of nitrogens with one attached hydrogen (secondary N) is 4. The number of aromatic amines is 2. The van der Waals surface area contributed by atoms with E-state index < -0.39 is 24.3 Å². The highest BCUT2D eigenvalue weighted by Crippen LogP contribution is 2.33. The van der Waals surface area contributed by atoms with Crippen LogP contribution in [0.15, 0.2) is 36.7 Å². The van der Waals surface area contributed by atoms with Gasteiger partial charge >= 0.3 is 12.2 Å². The van der Waals surface area contributed by atoms with Crippen molar-refractivity contribution in [3.8, 4) is 23.7 Å². The minimum absolute atomic E-state index is 0.110. The van der Waals surface area contributed by atoms with Crippen LogP contribution in [0.1, 0.15) is 99.6 Å². The Hall–Kier alpha value is -5.76. The van der Waals surface area contributed by atoms with Gasteiger partial charge in [0.2, 0.25) is 11.8 Å². The van der Waals surface area contributed by atoms with Gasteiger partial charge in [0.05, 0.1) is 44.4 Å². The molecular weight excluding hydrogens is 664 g/mol. The molecule has 14 heteroatoms. The highest BCUT2D eigenvalue weighted by molar-refractivity contribution is 5.87. The van der Waals surface area contributed by atoms with E-state index in [0.29, 0.717) is 30.4 Å². The maximum atomic E-state index is 13.4. The van der Waals surface area contributed by atoms with Crippen LogP contribution in [-0.2, 0) is 19.1 Å². The molecule has 3 aromatic rings. The van der Waals surface area contributed by atoms with Crippen molar-refractivity contribution in [3.63, 3.8) is 0 Å². The summed E-state index contributed by atoms with van der Waals surface area (Å²) < 4.78 is 9.44. The van der Waals surface area contributed by atoms with Crippen molar-refractivity contribution in [3.05, 3.63) is 70.8 Å². The molecule has 0 radical (unpaired) electrons. The number of hydrogen-bond donors (Lipinski definition) is 4. The van der Waals surface area contributed by atoms with Gasteiger partial charge in [0.15, 0.2) is 5.82 Å². The number of amides is 4. The van der Waals surface area contributed by atoms with E-state index in [9.17, 15) is 19.2 Å². The van der Waals surface area contributed by atoms with Gasteiger partial charge in [-0.1, -0.05) is 39.5 Å². The third kappa shape index (κ3) is 8.93. The SMILES string of the molecule is COC(=O)N[C@H](C(=O)N1CCC[C@@H]1c1cnc(C#Cc2ccc(C#Cc3cnc([C@@H]4CCCN4C(=O)[C@@H](NC(=O)OC)C(C)C)[nH]3)cc2)[nH]1)C(C)C. The fourth-order valence-corrected chi connectivity index (χ4v) is 6.47. The Labute approximate surface area is 303 Å². The zero-order valence-electron chi connectivity index (χ0n) is 30.4. The minimum atomic E-state index is -0.700. The smallest absolute Gasteiger partial charge is 0.407 e. The van der Waals surface area contributed by atoms with E-state index in [1.54, 1.807) is 22.2 Å². The Morgan fingerprint density at radius 1 is 0.731 bits per heavy atom. The molecule has 0 unspecified atom stereocenters. The van der Waals surface area contributed by atoms with Crippen molar-refractivity contribution < 1.29 is 28.7 Å². The van der Waals surface area contributed by atoms with Gasteiger partial charge in [-0.05, 0) is 73.6 Å². The Bertz CT molecular complexity index is 1740. The second-order valence-corrected chi connectivity index (χ2v) is 13.5. The number of nitrogens with zero attached hydrogens (tertiary/aromatic N) is 4. The summed E-state index contributed by atoms with van der Waals surface area (Å²) in [7, 11) is 2.55. The molecule has 2 saturated heterocycles. The number of hydrogen-bond acceptors (Lipinski definition) is 8. The first kappa shape index (κ1) is 37.5. The van der Waals surface area contributed by atoms with Crippen LogP contribution < -0.4 is 10.6 Å². The number of rotatable bonds is 8. The number of benzene rings is 1. The van der Waals surface area contributed by atoms with Crippen LogP contribution in [0.5, 0.6) is 0 Å². The summed E-state index contributed by atoms with van der Waals surface area (Å²) in [6, 6.07) is 5.71. The molecule has 0 saturated carbocycles. The lowest BCUT2D eigenvalue weighted by Gasteiger charge is -2.30. The van der Waals surface area contributed by atoms with E-state index in [0.717, 1.165) is 42.5 Å². The molecule has 0 aliphatic carbocycles. The van der Waals surface area contributed by atoms with Crippen LogP contribution in [0.25, 0.3) is 0 Å². The summed E-state index contributed by atoms with van der Waals surface area (Å²) in [5.74, 6) is 13.1. The summed E-state index contributed by atoms with van der Waals surface area (Å²) in [6.45, 7) is 8.69. The van der Waals surface area contributed by atoms with Crippen LogP contribution in [0, 0.1) is 35.5 Å². The molecule has 274 valence electrons. The molecule has 4 atom stereocenters. The topological polar surface area (TPSA) is 175 Å². The monoisotopic (exact) mass is 710 g/mol. The molecular formula is C38H46N8O6. The lowest BCUT2D eigenvalue weighted by atomic mass is 10.0. The molecule has 2 aliphatic heterocycles. The van der Waals surface area contributed by atoms with Crippen LogP contribution in [0.4, 0.5) is 9.59 Å². The van der Waals surface area contributed by atoms with E-state index in [1.165, 1.54) is 14.2 Å². The maximum absolute atomic E-state index is 13.4. The number of imidazole rings is 2. The first-order valence-electron chi connectivity index (χ1n) is 17.5. The fourth-order valence-electron chi connectivity index (χ4n) is 6.47. The number of likely N-dealkylation sites (tertiary alicyclic amines) is 2. The van der Waals surface area contributed by atoms with Gasteiger partial charge in [-0.3, -0.25) is 9.59 Å². The molecule has 4 amide bonds. The number of H-pyrrole nitrogens is 2. The second-order valence-electron chi connectivity index (χ2n) is 13.5. The number of methoxy groups -OCH3 is 2. The summed E-state index contributed by atoms with van der Waals surface area (Å²) in [5, 5.41) is 5.33. The third-order valence-corrected chi connectivity index (χ3v) is 9.27. The number of carbonyl (C=O) groups excluding carboxylic acids is 4. The van der Waals surface area contributed by atoms with Crippen molar-refractivity contribution >= 4 is 24.0 Å². The van der Waals surface area contributed by atoms with Crippen LogP contribution in [0.2, 0.25) is 0 Å². The van der Waals surface area contributed by atoms with Crippen LogP contribution >= 0.6 is 0 Å². The van der Waals surface area contributed by atoms with E-state index in [-0.39, 0.29) is 35.7 Å². The van der Waals surface area contributed by atoms with Crippen LogP contribution in [0.3, 0.4) is 0 Å². The zero-order valence-corrected chi connectivity index (χ0v) is 30.4. The first-order chi connectivity index (χ1) is 25.0. The summed E-state index contributed by atoms with van der Waals surface area (Å²) in [6.07, 6.45) is 5.30. The minimum Gasteiger partial charge on any atom is -0.453 e. The number of carbonyl (C=O) groups is 4. The lowest BCUT2D eigenvalue weighted by molar-refractivity contribution is -0.136. The van der Waals surface area contributed by atoms with Gasteiger partial charge in [0.25, 0.3) is 0 Å². The van der Waals surface area contributed by atoms with Crippen molar-refractivity contribution in [1.29, 1.82) is 0 Å². The molecule has 0 spiro atoms. The molecule has 0 bridgehead atoms. The quantitative estimate of drug-likeness (QED) is 0.254. The van der Waals surface area contributed by atoms with E-state index in [2.05, 4.69) is 54.3 Å². The molecule has 14 nitrogen and oxygen atoms in total. The Balaban J connectivity index is 1.20. The van der Waals surface area contributed by atoms with Crippen molar-refractivity contribution in [2.45, 2.75) is 77.5 Å². The third-order valence-electron chi connectivity index (χ3n) is 9.27. The van der Waals surface area contributed by atoms with Gasteiger partial charge in [-0.25, -0.2) is 19.6 Å². The van der Waals surface area contributed by atoms with E-state index in [1.807, 2.05) is 52.0 Å². The normalized spacial score (nSPS) is 17.8. The van der Waals surface area contributed by atoms with Gasteiger partial charge in [-0.15, -0.1) is 0 Å². The summed E-state index contributed by atoms with van der Waals surface area (Å²) in [5.41, 5.74) is 3.00. The predicted molar refractivity (Wildman–Crippen MR) is 191 cm³/mol. The van der Waals surface area contributed by atoms with Crippen LogP contribution in [-0.4, -0.2) is 93.1 Å². The van der Waals surface area contributed by atoms with E-state index in [4.69, 9.17) is 9.47 Å². The van der Waals surface area contributed by atoms with Crippen molar-refractivity contribution in [2.24, 2.45) is 11.8 Å². The van der Waals surface area contributed by atoms with E-state index >= 15 is 0 Å². The highest BCUT2D eigenvalue weighted by Gasteiger charge is 2.38. The van der Waals surface area contributed by atoms with Crippen molar-refractivity contribution in [1.82, 2.24) is 40.4 Å². The number of ether oxygens (including phenoxy) is 2. The number of alkyl carbamates (subject to hydrolysis) is 2. The predicted octanol–water partition coefficient (Wildman–Crippen LogP) is 4.02. The second kappa shape index (κ2) is 17.0. The molecule has 1 aromatic carbocycles. The standard InChI is InChI=1S/C38H46N8O6/c1-23(2)32(43-37(49)51-5)35(47)45-19-7-9-29(45)28-22-39-31(42-28)18-16-26-13-11-25(12-14-26)15-17-27-21-40-34(41-27)30-10-8-20-46(30)36(48)33(24(3)4)44-38(50)52-6/h11-14,21-24,29-30,32-33H,7-10,19-20H2,1-6H3,(H,39,42)(H,40,41)(H,43,49)(H,44,50)/t29-,30+,32+,33+/m1/s1. The zero-order chi connectivity index (χ0) is 37.4. The maximum Gasteiger partial charge on any atom is 0.407 e. The fraction of sp³-hybridized carbons (Fsp3) is 0.474. The summed E-state index contributed by atoms with van der Waals surface area (Å²) in [4.78, 5) is 69.6. The van der Waals surface area contributed by atoms with Gasteiger partial charge in [-0.2, -0.15) is 0 Å². The lowest BCUT2D eigenvalue weighted by Crippen LogP contribution is -2.51. The van der Waals surface area contributed by atoms with Crippen molar-refractivity contribution in [2.75, 3.05) is 27.3 Å². The first-order valence-corrected chi connectivity index (χ1v) is 17.5. The summed E-state index contributed by atoms with van der Waals surface area (Å²) >= 11 is 0. The average molecular weight is 711 g/mol. The largest absolute Gasteiger partial charge is 0.453 e. The van der Waals surface area contributed by atoms with Gasteiger partial charge in [0, 0.05) is 24.2 Å². The highest BCUT2D eigenvalue weighted by atomic mass is 16.5. The molecule has 2 fully saturated rings. The molecule has 4 heterocycles. The molecule has 4 N–H and O–H groups in total. The number of aromatic nitrogens is 4. The molecule has 2 aromatic heterocycles. The molecule has 5 rings (SSSR count). The molecule has 2 aliphatic rings. The average Bonchev–Trinajstić information content (AvgIpc) is 3.97. The van der Waals surface area contributed by atoms with Gasteiger partial charge < -0.3 is 39.9 Å².